The van der Waals surface area contributed by atoms with Gasteiger partial charge in [-0.3, -0.25) is 4.79 Å². The molecule has 16 heteroatoms. The molecule has 4 rings (SSSR count). The second kappa shape index (κ2) is 17.8. The highest BCUT2D eigenvalue weighted by atomic mass is 35.5. The first-order chi connectivity index (χ1) is 22.8. The van der Waals surface area contributed by atoms with Crippen LogP contribution in [0.25, 0.3) is 0 Å². The molecule has 0 spiro atoms. The van der Waals surface area contributed by atoms with E-state index in [9.17, 15) is 44.3 Å². The Balaban J connectivity index is 0.00000451. The topological polar surface area (TPSA) is 53.0 Å². The van der Waals surface area contributed by atoms with Gasteiger partial charge in [0.25, 0.3) is 0 Å². The Kier molecular flexibility index (Phi) is 15.2. The van der Waals surface area contributed by atoms with Crippen molar-refractivity contribution < 1.29 is 54.2 Å². The van der Waals surface area contributed by atoms with Gasteiger partial charge in [-0.2, -0.15) is 26.3 Å². The van der Waals surface area contributed by atoms with Crippen molar-refractivity contribution in [2.24, 2.45) is 11.8 Å². The van der Waals surface area contributed by atoms with Gasteiger partial charge in [-0.1, -0.05) is 17.7 Å². The van der Waals surface area contributed by atoms with E-state index in [0.717, 1.165) is 37.3 Å². The third kappa shape index (κ3) is 12.9. The molecule has 1 fully saturated rings. The summed E-state index contributed by atoms with van der Waals surface area (Å²) in [6.45, 7) is 3.98. The molecule has 1 aliphatic carbocycles. The predicted molar refractivity (Wildman–Crippen MR) is 181 cm³/mol. The van der Waals surface area contributed by atoms with Crippen LogP contribution in [0.3, 0.4) is 0 Å². The van der Waals surface area contributed by atoms with Crippen molar-refractivity contribution in [1.29, 1.82) is 0 Å². The summed E-state index contributed by atoms with van der Waals surface area (Å²) in [6.07, 6.45) is -12.1. The molecule has 0 bridgehead atoms. The van der Waals surface area contributed by atoms with Gasteiger partial charge in [-0.05, 0) is 111 Å². The molecule has 1 saturated carbocycles. The molecular weight excluding hydrogens is 738 g/mol. The molecule has 0 unspecified atom stereocenters. The first-order valence-corrected chi connectivity index (χ1v) is 15.8. The van der Waals surface area contributed by atoms with Crippen molar-refractivity contribution in [1.82, 2.24) is 0 Å². The van der Waals surface area contributed by atoms with Crippen molar-refractivity contribution in [3.8, 4) is 5.75 Å². The average Bonchev–Trinajstić information content (AvgIpc) is 2.99. The summed E-state index contributed by atoms with van der Waals surface area (Å²) >= 11 is 0. The molecule has 51 heavy (non-hydrogen) atoms. The fraction of sp³-hybridized carbons (Fsp3) is 0.457. The van der Waals surface area contributed by atoms with Gasteiger partial charge in [-0.15, -0.1) is 38.0 Å². The van der Waals surface area contributed by atoms with Gasteiger partial charge in [-0.25, -0.2) is 0 Å². The molecule has 0 radical (unpaired) electrons. The fourth-order valence-corrected chi connectivity index (χ4v) is 6.30. The lowest BCUT2D eigenvalue weighted by atomic mass is 9.80. The quantitative estimate of drug-likeness (QED) is 0.186. The van der Waals surface area contributed by atoms with Crippen LogP contribution >= 0.6 is 24.8 Å². The van der Waals surface area contributed by atoms with Crippen LogP contribution in [0.4, 0.5) is 50.9 Å². The zero-order chi connectivity index (χ0) is 36.1. The number of aryl methyl sites for hydroxylation is 1. The molecule has 3 aromatic rings. The SMILES string of the molecule is CCN(C[C@H]1CC[C@H](CC(=O)O)CC1)c1ccc(OC(F)(F)F)cc1CN(Cc1cc(C(F)(F)F)cc(C(F)(F)F)c1)c1ccc(C)cc1.Cl.Cl. The van der Waals surface area contributed by atoms with Gasteiger partial charge >= 0.3 is 24.7 Å². The molecule has 0 amide bonds. The zero-order valence-corrected chi connectivity index (χ0v) is 29.3. The first kappa shape index (κ1) is 43.6. The van der Waals surface area contributed by atoms with E-state index >= 15 is 0 Å². The van der Waals surface area contributed by atoms with Crippen molar-refractivity contribution in [3.63, 3.8) is 0 Å². The lowest BCUT2D eigenvalue weighted by molar-refractivity contribution is -0.274. The van der Waals surface area contributed by atoms with Crippen LogP contribution in [0.2, 0.25) is 0 Å². The number of alkyl halides is 9. The van der Waals surface area contributed by atoms with Crippen molar-refractivity contribution in [2.75, 3.05) is 22.9 Å². The molecule has 0 aliphatic heterocycles. The summed E-state index contributed by atoms with van der Waals surface area (Å²) in [4.78, 5) is 14.6. The number of carboxylic acid groups (broad SMARTS) is 1. The van der Waals surface area contributed by atoms with Crippen molar-refractivity contribution in [3.05, 3.63) is 88.5 Å². The van der Waals surface area contributed by atoms with Gasteiger partial charge in [0.2, 0.25) is 0 Å². The van der Waals surface area contributed by atoms with Crippen LogP contribution in [-0.2, 0) is 30.2 Å². The van der Waals surface area contributed by atoms with Crippen molar-refractivity contribution >= 4 is 42.2 Å². The molecule has 0 aromatic heterocycles. The van der Waals surface area contributed by atoms with E-state index in [1.165, 1.54) is 17.0 Å². The van der Waals surface area contributed by atoms with Crippen LogP contribution in [0.5, 0.6) is 5.75 Å². The highest BCUT2D eigenvalue weighted by Gasteiger charge is 2.37. The second-order valence-electron chi connectivity index (χ2n) is 12.5. The average molecular weight is 778 g/mol. The largest absolute Gasteiger partial charge is 0.573 e. The van der Waals surface area contributed by atoms with Gasteiger partial charge in [0, 0.05) is 44.0 Å². The van der Waals surface area contributed by atoms with Gasteiger partial charge in [0.05, 0.1) is 11.1 Å². The maximum absolute atomic E-state index is 13.7. The van der Waals surface area contributed by atoms with Gasteiger partial charge < -0.3 is 19.6 Å². The number of anilines is 2. The molecule has 0 heterocycles. The maximum Gasteiger partial charge on any atom is 0.573 e. The van der Waals surface area contributed by atoms with E-state index < -0.39 is 48.1 Å². The smallest absolute Gasteiger partial charge is 0.481 e. The van der Waals surface area contributed by atoms with E-state index in [-0.39, 0.29) is 61.2 Å². The molecule has 0 saturated heterocycles. The van der Waals surface area contributed by atoms with E-state index in [0.29, 0.717) is 42.2 Å². The number of nitrogens with zero attached hydrogens (tertiary/aromatic N) is 2. The third-order valence-corrected chi connectivity index (χ3v) is 8.70. The number of halogens is 11. The molecule has 5 nitrogen and oxygen atoms in total. The van der Waals surface area contributed by atoms with Crippen LogP contribution < -0.4 is 14.5 Å². The summed E-state index contributed by atoms with van der Waals surface area (Å²) in [5, 5.41) is 9.15. The Hall–Kier alpha value is -3.52. The molecule has 3 aromatic carbocycles. The number of hydrogen-bond acceptors (Lipinski definition) is 4. The molecule has 1 aliphatic rings. The fourth-order valence-electron chi connectivity index (χ4n) is 6.30. The van der Waals surface area contributed by atoms with E-state index in [1.807, 2.05) is 11.8 Å². The minimum Gasteiger partial charge on any atom is -0.481 e. The van der Waals surface area contributed by atoms with E-state index in [1.54, 1.807) is 31.2 Å². The molecule has 284 valence electrons. The molecular formula is C35H39Cl2F9N2O3. The minimum absolute atomic E-state index is 0. The number of carbonyl (C=O) groups is 1. The number of hydrogen-bond donors (Lipinski definition) is 1. The number of rotatable bonds is 12. The highest BCUT2D eigenvalue weighted by molar-refractivity contribution is 5.85. The summed E-state index contributed by atoms with van der Waals surface area (Å²) < 4.78 is 126. The zero-order valence-electron chi connectivity index (χ0n) is 27.7. The normalized spacial score (nSPS) is 16.5. The van der Waals surface area contributed by atoms with Crippen molar-refractivity contribution in [2.45, 2.75) is 77.8 Å². The number of carboxylic acids is 1. The second-order valence-corrected chi connectivity index (χ2v) is 12.5. The minimum atomic E-state index is -5.06. The van der Waals surface area contributed by atoms with E-state index in [2.05, 4.69) is 4.74 Å². The summed E-state index contributed by atoms with van der Waals surface area (Å²) in [6, 6.07) is 11.8. The molecule has 0 atom stereocenters. The Labute approximate surface area is 302 Å². The van der Waals surface area contributed by atoms with Crippen LogP contribution in [0, 0.1) is 18.8 Å². The Morgan fingerprint density at radius 2 is 1.31 bits per heavy atom. The third-order valence-electron chi connectivity index (χ3n) is 8.70. The Morgan fingerprint density at radius 1 is 0.765 bits per heavy atom. The summed E-state index contributed by atoms with van der Waals surface area (Å²) in [7, 11) is 0. The number of ether oxygens (including phenoxy) is 1. The maximum atomic E-state index is 13.7. The van der Waals surface area contributed by atoms with Gasteiger partial charge in [0.1, 0.15) is 5.75 Å². The Bertz CT molecular complexity index is 1540. The van der Waals surface area contributed by atoms with Gasteiger partial charge in [0.15, 0.2) is 0 Å². The predicted octanol–water partition coefficient (Wildman–Crippen LogP) is 11.1. The summed E-state index contributed by atoms with van der Waals surface area (Å²) in [5.74, 6) is -1.15. The van der Waals surface area contributed by atoms with Crippen LogP contribution in [0.15, 0.2) is 60.7 Å². The number of benzene rings is 3. The van der Waals surface area contributed by atoms with E-state index in [4.69, 9.17) is 5.11 Å². The molecule has 1 N–H and O–H groups in total. The Morgan fingerprint density at radius 3 is 1.80 bits per heavy atom. The summed E-state index contributed by atoms with van der Waals surface area (Å²) in [5.41, 5.74) is -1.15. The lowest BCUT2D eigenvalue weighted by Crippen LogP contribution is -2.33. The monoisotopic (exact) mass is 776 g/mol. The number of aliphatic carboxylic acids is 1. The standard InChI is InChI=1S/C35H37F9N2O3.2ClH/c1-3-45(19-24-8-6-23(7-9-24)16-32(47)48)31-13-12-30(49-35(42,43)44)17-26(31)21-46(29-10-4-22(2)5-11-29)20-25-14-27(33(36,37)38)18-28(15-25)34(39,40)41;;/h4-5,10-15,17-18,23-24H,3,6-9,16,19-21H2,1-2H3,(H,47,48);2*1H/t23-,24-;;. The van der Waals surface area contributed by atoms with Crippen LogP contribution in [0.1, 0.15) is 66.8 Å². The van der Waals surface area contributed by atoms with Crippen LogP contribution in [-0.4, -0.2) is 30.5 Å². The lowest BCUT2D eigenvalue weighted by Gasteiger charge is -2.35. The first-order valence-electron chi connectivity index (χ1n) is 15.8. The highest BCUT2D eigenvalue weighted by Crippen LogP contribution is 2.39.